The first-order chi connectivity index (χ1) is 12.3. The SMILES string of the molecule is OCC(CO)(CO)CO.OCC(CO)(CO)COCC(CO)(CO)CO. The molecule has 0 aliphatic heterocycles. The molecule has 0 saturated carbocycles. The van der Waals surface area contributed by atoms with Crippen LogP contribution in [0.15, 0.2) is 0 Å². The molecule has 26 heavy (non-hydrogen) atoms. The van der Waals surface area contributed by atoms with Crippen LogP contribution in [0.1, 0.15) is 0 Å². The van der Waals surface area contributed by atoms with E-state index in [2.05, 4.69) is 0 Å². The van der Waals surface area contributed by atoms with Gasteiger partial charge in [0.2, 0.25) is 0 Å². The molecule has 0 radical (unpaired) electrons. The Labute approximate surface area is 152 Å². The van der Waals surface area contributed by atoms with Crippen LogP contribution in [-0.2, 0) is 4.74 Å². The van der Waals surface area contributed by atoms with Crippen LogP contribution in [0.4, 0.5) is 0 Å². The number of aliphatic hydroxyl groups is 10. The molecule has 0 atom stereocenters. The number of rotatable bonds is 14. The maximum atomic E-state index is 9.03. The monoisotopic (exact) mass is 390 g/mol. The Balaban J connectivity index is 0. The van der Waals surface area contributed by atoms with E-state index >= 15 is 0 Å². The summed E-state index contributed by atoms with van der Waals surface area (Å²) in [6, 6.07) is 0. The van der Waals surface area contributed by atoms with E-state index in [0.717, 1.165) is 0 Å². The standard InChI is InChI=1S/C10H22O7.C5H12O4/c11-1-9(2-12,3-13)7-17-8-10(4-14,5-15)6-16;6-1-5(2-7,3-8)4-9/h11-16H,1-8H2;6-9H,1-4H2. The highest BCUT2D eigenvalue weighted by atomic mass is 16.5. The summed E-state index contributed by atoms with van der Waals surface area (Å²) in [4.78, 5) is 0. The summed E-state index contributed by atoms with van der Waals surface area (Å²) in [6.07, 6.45) is 0. The highest BCUT2D eigenvalue weighted by Crippen LogP contribution is 2.19. The van der Waals surface area contributed by atoms with Crippen molar-refractivity contribution < 1.29 is 55.8 Å². The van der Waals surface area contributed by atoms with E-state index in [4.69, 9.17) is 55.8 Å². The molecular formula is C15H34O11. The summed E-state index contributed by atoms with van der Waals surface area (Å²) < 4.78 is 5.15. The van der Waals surface area contributed by atoms with Gasteiger partial charge in [0.25, 0.3) is 0 Å². The third-order valence-electron chi connectivity index (χ3n) is 4.17. The van der Waals surface area contributed by atoms with Crippen LogP contribution in [0.2, 0.25) is 0 Å². The van der Waals surface area contributed by atoms with E-state index in [0.29, 0.717) is 0 Å². The van der Waals surface area contributed by atoms with E-state index in [1.807, 2.05) is 0 Å². The third kappa shape index (κ3) is 8.50. The second kappa shape index (κ2) is 14.6. The number of hydrogen-bond acceptors (Lipinski definition) is 11. The summed E-state index contributed by atoms with van der Waals surface area (Å²) in [7, 11) is 0. The van der Waals surface area contributed by atoms with E-state index < -0.39 is 82.3 Å². The van der Waals surface area contributed by atoms with Crippen molar-refractivity contribution in [3.63, 3.8) is 0 Å². The van der Waals surface area contributed by atoms with Crippen LogP contribution in [0.25, 0.3) is 0 Å². The van der Waals surface area contributed by atoms with Crippen molar-refractivity contribution in [2.45, 2.75) is 0 Å². The Hall–Kier alpha value is -0.440. The van der Waals surface area contributed by atoms with E-state index in [9.17, 15) is 0 Å². The first-order valence-electron chi connectivity index (χ1n) is 7.98. The Kier molecular flexibility index (Phi) is 15.6. The molecule has 11 heteroatoms. The molecule has 0 rings (SSSR count). The molecule has 10 N–H and O–H groups in total. The lowest BCUT2D eigenvalue weighted by Gasteiger charge is -2.31. The van der Waals surface area contributed by atoms with Crippen LogP contribution >= 0.6 is 0 Å². The first kappa shape index (κ1) is 27.8. The minimum absolute atomic E-state index is 0.141. The van der Waals surface area contributed by atoms with Gasteiger partial charge in [0, 0.05) is 0 Å². The van der Waals surface area contributed by atoms with Gasteiger partial charge in [0.15, 0.2) is 0 Å². The maximum Gasteiger partial charge on any atom is 0.0629 e. The van der Waals surface area contributed by atoms with Gasteiger partial charge in [0.1, 0.15) is 0 Å². The van der Waals surface area contributed by atoms with Crippen molar-refractivity contribution in [1.82, 2.24) is 0 Å². The third-order valence-corrected chi connectivity index (χ3v) is 4.17. The number of aliphatic hydroxyl groups excluding tert-OH is 10. The molecule has 0 aromatic heterocycles. The Morgan fingerprint density at radius 2 is 0.538 bits per heavy atom. The van der Waals surface area contributed by atoms with Gasteiger partial charge in [-0.25, -0.2) is 0 Å². The molecule has 0 unspecified atom stereocenters. The average molecular weight is 390 g/mol. The topological polar surface area (TPSA) is 212 Å². The summed E-state index contributed by atoms with van der Waals surface area (Å²) in [6.45, 7) is -4.63. The van der Waals surface area contributed by atoms with Gasteiger partial charge in [-0.15, -0.1) is 0 Å². The summed E-state index contributed by atoms with van der Waals surface area (Å²) in [5, 5.41) is 88.2. The molecule has 0 aromatic rings. The fraction of sp³-hybridized carbons (Fsp3) is 1.00. The van der Waals surface area contributed by atoms with Gasteiger partial charge >= 0.3 is 0 Å². The fourth-order valence-corrected chi connectivity index (χ4v) is 1.36. The van der Waals surface area contributed by atoms with Crippen LogP contribution in [-0.4, -0.2) is 130 Å². The molecule has 160 valence electrons. The first-order valence-corrected chi connectivity index (χ1v) is 7.98. The Bertz CT molecular complexity index is 261. The fourth-order valence-electron chi connectivity index (χ4n) is 1.36. The molecule has 0 saturated heterocycles. The molecule has 0 bridgehead atoms. The highest BCUT2D eigenvalue weighted by Gasteiger charge is 2.32. The van der Waals surface area contributed by atoms with Crippen molar-refractivity contribution in [2.75, 3.05) is 79.3 Å². The van der Waals surface area contributed by atoms with E-state index in [1.54, 1.807) is 0 Å². The van der Waals surface area contributed by atoms with Crippen molar-refractivity contribution in [3.05, 3.63) is 0 Å². The smallest absolute Gasteiger partial charge is 0.0629 e. The van der Waals surface area contributed by atoms with Gasteiger partial charge in [-0.2, -0.15) is 0 Å². The average Bonchev–Trinajstić information content (AvgIpc) is 2.72. The zero-order chi connectivity index (χ0) is 20.7. The second-order valence-electron chi connectivity index (χ2n) is 6.57. The van der Waals surface area contributed by atoms with Crippen LogP contribution in [0, 0.1) is 16.2 Å². The van der Waals surface area contributed by atoms with Gasteiger partial charge < -0.3 is 55.8 Å². The largest absolute Gasteiger partial charge is 0.396 e. The van der Waals surface area contributed by atoms with Gasteiger partial charge in [-0.1, -0.05) is 0 Å². The molecule has 11 nitrogen and oxygen atoms in total. The lowest BCUT2D eigenvalue weighted by Crippen LogP contribution is -2.43. The summed E-state index contributed by atoms with van der Waals surface area (Å²) >= 11 is 0. The second-order valence-corrected chi connectivity index (χ2v) is 6.57. The van der Waals surface area contributed by atoms with Crippen molar-refractivity contribution in [1.29, 1.82) is 0 Å². The van der Waals surface area contributed by atoms with Crippen molar-refractivity contribution in [2.24, 2.45) is 16.2 Å². The molecule has 0 aliphatic carbocycles. The van der Waals surface area contributed by atoms with Gasteiger partial charge in [-0.05, 0) is 0 Å². The van der Waals surface area contributed by atoms with Crippen molar-refractivity contribution in [3.8, 4) is 0 Å². The molecule has 0 aliphatic rings. The molecule has 0 spiro atoms. The minimum atomic E-state index is -1.16. The summed E-state index contributed by atoms with van der Waals surface area (Å²) in [5.41, 5.74) is -3.43. The summed E-state index contributed by atoms with van der Waals surface area (Å²) in [5.74, 6) is 0. The Morgan fingerprint density at radius 1 is 0.346 bits per heavy atom. The number of ether oxygens (including phenoxy) is 1. The molecule has 0 heterocycles. The van der Waals surface area contributed by atoms with E-state index in [1.165, 1.54) is 0 Å². The van der Waals surface area contributed by atoms with Crippen LogP contribution in [0.5, 0.6) is 0 Å². The van der Waals surface area contributed by atoms with Crippen molar-refractivity contribution >= 4 is 0 Å². The maximum absolute atomic E-state index is 9.03. The normalized spacial score (nSPS) is 12.7. The minimum Gasteiger partial charge on any atom is -0.396 e. The van der Waals surface area contributed by atoms with Gasteiger partial charge in [-0.3, -0.25) is 0 Å². The predicted molar refractivity (Wildman–Crippen MR) is 89.0 cm³/mol. The Morgan fingerprint density at radius 3 is 0.654 bits per heavy atom. The zero-order valence-corrected chi connectivity index (χ0v) is 14.9. The highest BCUT2D eigenvalue weighted by molar-refractivity contribution is 4.80. The van der Waals surface area contributed by atoms with E-state index in [-0.39, 0.29) is 13.2 Å². The van der Waals surface area contributed by atoms with Gasteiger partial charge in [0.05, 0.1) is 95.5 Å². The molecule has 0 aromatic carbocycles. The molecule has 0 amide bonds. The zero-order valence-electron chi connectivity index (χ0n) is 14.9. The molecule has 0 fully saturated rings. The lowest BCUT2D eigenvalue weighted by molar-refractivity contribution is -0.103. The van der Waals surface area contributed by atoms with Crippen LogP contribution < -0.4 is 0 Å². The molecular weight excluding hydrogens is 356 g/mol. The quantitative estimate of drug-likeness (QED) is 0.135. The van der Waals surface area contributed by atoms with Crippen LogP contribution in [0.3, 0.4) is 0 Å². The lowest BCUT2D eigenvalue weighted by atomic mass is 9.91. The predicted octanol–water partition coefficient (Wildman–Crippen LogP) is -5.13. The number of hydrogen-bond donors (Lipinski definition) is 10.